The van der Waals surface area contributed by atoms with E-state index in [1.54, 1.807) is 0 Å². The largest absolute Gasteiger partial charge is 0.247 e. The van der Waals surface area contributed by atoms with Crippen LogP contribution in [0.3, 0.4) is 0 Å². The predicted molar refractivity (Wildman–Crippen MR) is 174 cm³/mol. The highest BCUT2D eigenvalue weighted by atomic mass is 15.2. The molecule has 46 heavy (non-hydrogen) atoms. The Morgan fingerprint density at radius 2 is 0.609 bits per heavy atom. The summed E-state index contributed by atoms with van der Waals surface area (Å²) >= 11 is 0. The molecule has 0 fully saturated rings. The standard InChI is InChI=1S/C38H36N8/c1-5-35-18-32-2-6-36(35)17-31(1)21-39-9-13-43(25-39)29-44-15-11-41(27-44)23-33-3-7-38-20-34(4-8-37(38)19-33)24-42-12-16-46(28-42)30-45-14-10-40(22-32)26-45/h1-20,25-28H,21-24,29-30H2/q+4. The second-order valence-electron chi connectivity index (χ2n) is 12.7. The molecule has 0 atom stereocenters. The Balaban J connectivity index is 1.03. The van der Waals surface area contributed by atoms with Crippen molar-refractivity contribution in [2.75, 3.05) is 0 Å². The lowest BCUT2D eigenvalue weighted by molar-refractivity contribution is -0.912. The van der Waals surface area contributed by atoms with E-state index in [1.165, 1.54) is 43.8 Å². The highest BCUT2D eigenvalue weighted by molar-refractivity contribution is 5.84. The second kappa shape index (κ2) is 11.0. The highest BCUT2D eigenvalue weighted by Gasteiger charge is 2.13. The molecular weight excluding hydrogens is 568 g/mol. The van der Waals surface area contributed by atoms with Gasteiger partial charge in [0.25, 0.3) is 0 Å². The van der Waals surface area contributed by atoms with Gasteiger partial charge in [-0.05, 0) is 68.1 Å². The monoisotopic (exact) mass is 604 g/mol. The molecule has 0 saturated carbocycles. The van der Waals surface area contributed by atoms with Gasteiger partial charge in [0, 0.05) is 0 Å². The molecule has 8 nitrogen and oxygen atoms in total. The fraction of sp³-hybridized carbons (Fsp3) is 0.158. The first-order valence-corrected chi connectivity index (χ1v) is 15.9. The zero-order valence-corrected chi connectivity index (χ0v) is 25.7. The molecule has 0 aliphatic carbocycles. The Kier molecular flexibility index (Phi) is 6.36. The number of hydrogen-bond acceptors (Lipinski definition) is 0. The average Bonchev–Trinajstić information content (AvgIpc) is 3.88. The van der Waals surface area contributed by atoms with Crippen LogP contribution in [0, 0.1) is 0 Å². The number of benzene rings is 4. The zero-order chi connectivity index (χ0) is 30.5. The van der Waals surface area contributed by atoms with E-state index in [2.05, 4.69) is 184 Å². The summed E-state index contributed by atoms with van der Waals surface area (Å²) in [4.78, 5) is 0. The third-order valence-electron chi connectivity index (χ3n) is 9.04. The number of hydrogen-bond donors (Lipinski definition) is 0. The van der Waals surface area contributed by atoms with Crippen LogP contribution < -0.4 is 18.3 Å². The maximum absolute atomic E-state index is 2.32. The van der Waals surface area contributed by atoms with Crippen LogP contribution in [-0.2, 0) is 39.5 Å². The van der Waals surface area contributed by atoms with E-state index in [-0.39, 0.29) is 0 Å². The molecular formula is C38H36N8+4. The highest BCUT2D eigenvalue weighted by Crippen LogP contribution is 2.21. The molecule has 0 spiro atoms. The lowest BCUT2D eigenvalue weighted by atomic mass is 10.0. The number of aromatic nitrogens is 8. The molecule has 8 aliphatic rings. The van der Waals surface area contributed by atoms with Gasteiger partial charge in [0.1, 0.15) is 75.8 Å². The van der Waals surface area contributed by atoms with Crippen molar-refractivity contribution in [3.63, 3.8) is 0 Å². The minimum absolute atomic E-state index is 0.768. The number of rotatable bonds is 0. The predicted octanol–water partition coefficient (Wildman–Crippen LogP) is 3.87. The van der Waals surface area contributed by atoms with E-state index in [1.807, 2.05) is 0 Å². The van der Waals surface area contributed by atoms with E-state index in [4.69, 9.17) is 0 Å². The summed E-state index contributed by atoms with van der Waals surface area (Å²) in [6.45, 7) is 4.89. The first kappa shape index (κ1) is 26.6. The minimum atomic E-state index is 0.768. The van der Waals surface area contributed by atoms with Crippen molar-refractivity contribution in [2.24, 2.45) is 0 Å². The van der Waals surface area contributed by atoms with Crippen LogP contribution in [0.2, 0.25) is 0 Å². The van der Waals surface area contributed by atoms with Crippen molar-refractivity contribution < 1.29 is 18.3 Å². The summed E-state index contributed by atoms with van der Waals surface area (Å²) in [7, 11) is 0. The SMILES string of the molecule is c1cc2cc3ccc2cc1Cn1cc[n+](c1)C[n+]1ccn(c1)Cc1ccc2cc(ccc2c1)Cn1cc[n+](c1)C[n+]1ccn(c1)C3. The molecule has 0 amide bonds. The number of nitrogens with zero attached hydrogens (tertiary/aromatic N) is 8. The molecule has 8 heteroatoms. The van der Waals surface area contributed by atoms with Crippen LogP contribution in [0.25, 0.3) is 21.5 Å². The van der Waals surface area contributed by atoms with Gasteiger partial charge in [0.05, 0.1) is 0 Å². The lowest BCUT2D eigenvalue weighted by Crippen LogP contribution is -2.49. The molecule has 0 radical (unpaired) electrons. The van der Waals surface area contributed by atoms with Crippen LogP contribution in [-0.4, -0.2) is 18.3 Å². The average molecular weight is 605 g/mol. The topological polar surface area (TPSA) is 35.2 Å². The molecule has 12 heterocycles. The summed E-state index contributed by atoms with van der Waals surface area (Å²) in [6, 6.07) is 27.3. The van der Waals surface area contributed by atoms with E-state index in [9.17, 15) is 0 Å². The lowest BCUT2D eigenvalue weighted by Gasteiger charge is -2.05. The summed E-state index contributed by atoms with van der Waals surface area (Å²) in [5.74, 6) is 0. The van der Waals surface area contributed by atoms with Crippen molar-refractivity contribution in [1.29, 1.82) is 0 Å². The van der Waals surface area contributed by atoms with Crippen molar-refractivity contribution >= 4 is 21.5 Å². The molecule has 4 aromatic heterocycles. The Labute approximate surface area is 267 Å². The summed E-state index contributed by atoms with van der Waals surface area (Å²) in [5, 5.41) is 5.10. The van der Waals surface area contributed by atoms with Gasteiger partial charge in [0.2, 0.25) is 38.6 Å². The van der Waals surface area contributed by atoms with Crippen LogP contribution in [0.5, 0.6) is 0 Å². The summed E-state index contributed by atoms with van der Waals surface area (Å²) in [6.07, 6.45) is 26.0. The van der Waals surface area contributed by atoms with Crippen LogP contribution in [0.1, 0.15) is 22.3 Å². The quantitative estimate of drug-likeness (QED) is 0.236. The van der Waals surface area contributed by atoms with E-state index >= 15 is 0 Å². The fourth-order valence-corrected chi connectivity index (χ4v) is 6.77. The normalized spacial score (nSPS) is 13.6. The maximum atomic E-state index is 2.32. The van der Waals surface area contributed by atoms with Crippen molar-refractivity contribution in [3.8, 4) is 0 Å². The van der Waals surface area contributed by atoms with Crippen molar-refractivity contribution in [1.82, 2.24) is 18.3 Å². The molecule has 0 saturated heterocycles. The third-order valence-corrected chi connectivity index (χ3v) is 9.04. The summed E-state index contributed by atoms with van der Waals surface area (Å²) < 4.78 is 17.9. The number of imidazole rings is 4. The summed E-state index contributed by atoms with van der Waals surface area (Å²) in [5.41, 5.74) is 5.19. The van der Waals surface area contributed by atoms with Crippen LogP contribution >= 0.6 is 0 Å². The van der Waals surface area contributed by atoms with Gasteiger partial charge in [-0.1, -0.05) is 48.5 Å². The van der Waals surface area contributed by atoms with Gasteiger partial charge in [-0.15, -0.1) is 0 Å². The molecule has 8 aromatic rings. The van der Waals surface area contributed by atoms with Crippen molar-refractivity contribution in [2.45, 2.75) is 39.5 Å². The fourth-order valence-electron chi connectivity index (χ4n) is 6.77. The Bertz CT molecular complexity index is 2020. The zero-order valence-electron chi connectivity index (χ0n) is 25.7. The van der Waals surface area contributed by atoms with Gasteiger partial charge < -0.3 is 0 Å². The van der Waals surface area contributed by atoms with E-state index in [0.717, 1.165) is 39.5 Å². The second-order valence-corrected chi connectivity index (χ2v) is 12.7. The molecule has 16 rings (SSSR count). The third kappa shape index (κ3) is 5.49. The Hall–Kier alpha value is -5.76. The minimum Gasteiger partial charge on any atom is -0.233 e. The first-order chi connectivity index (χ1) is 22.6. The van der Waals surface area contributed by atoms with E-state index < -0.39 is 0 Å². The maximum Gasteiger partial charge on any atom is 0.247 e. The van der Waals surface area contributed by atoms with Gasteiger partial charge in [-0.3, -0.25) is 0 Å². The Morgan fingerprint density at radius 1 is 0.348 bits per heavy atom. The van der Waals surface area contributed by atoms with Crippen LogP contribution in [0.4, 0.5) is 0 Å². The molecule has 0 N–H and O–H groups in total. The molecule has 0 unspecified atom stereocenters. The van der Waals surface area contributed by atoms with Gasteiger partial charge in [0.15, 0.2) is 0 Å². The molecule has 224 valence electrons. The smallest absolute Gasteiger partial charge is 0.233 e. The van der Waals surface area contributed by atoms with Gasteiger partial charge in [-0.25, -0.2) is 18.3 Å². The van der Waals surface area contributed by atoms with Crippen LogP contribution in [0.15, 0.2) is 148 Å². The van der Waals surface area contributed by atoms with Gasteiger partial charge >= 0.3 is 0 Å². The molecule has 8 aliphatic heterocycles. The van der Waals surface area contributed by atoms with Crippen molar-refractivity contribution in [3.05, 3.63) is 170 Å². The molecule has 16 bridgehead atoms. The van der Waals surface area contributed by atoms with Gasteiger partial charge in [-0.2, -0.15) is 18.3 Å². The van der Waals surface area contributed by atoms with E-state index in [0.29, 0.717) is 0 Å². The Morgan fingerprint density at radius 3 is 0.870 bits per heavy atom. The first-order valence-electron chi connectivity index (χ1n) is 15.9. The molecule has 4 aromatic carbocycles.